The smallest absolute Gasteiger partial charge is 0.317 e. The van der Waals surface area contributed by atoms with Crippen LogP contribution >= 0.6 is 11.6 Å². The summed E-state index contributed by atoms with van der Waals surface area (Å²) in [5, 5.41) is 24.1. The zero-order valence-corrected chi connectivity index (χ0v) is 23.5. The van der Waals surface area contributed by atoms with E-state index in [1.54, 1.807) is 18.2 Å². The molecule has 0 radical (unpaired) electrons. The number of nitrogens with zero attached hydrogens (tertiary/aromatic N) is 1. The van der Waals surface area contributed by atoms with Crippen molar-refractivity contribution in [3.05, 3.63) is 34.9 Å². The predicted octanol–water partition coefficient (Wildman–Crippen LogP) is 3.08. The number of amides is 2. The molecular formula is C26H44ClN5O4S. The van der Waals surface area contributed by atoms with Gasteiger partial charge in [0.15, 0.2) is 0 Å². The Hall–Kier alpha value is -1.43. The zero-order chi connectivity index (χ0) is 26.9. The molecule has 1 saturated carbocycles. The zero-order valence-electron chi connectivity index (χ0n) is 21.9. The number of piperidine rings is 1. The lowest BCUT2D eigenvalue weighted by Crippen LogP contribution is -2.54. The van der Waals surface area contributed by atoms with Crippen molar-refractivity contribution >= 4 is 27.8 Å². The molecule has 0 bridgehead atoms. The number of aliphatic hydroxyl groups is 1. The second-order valence-corrected chi connectivity index (χ2v) is 12.5. The first-order valence-electron chi connectivity index (χ1n) is 13.6. The minimum atomic E-state index is -3.80. The number of carbonyl (C=O) groups is 1. The van der Waals surface area contributed by atoms with E-state index < -0.39 is 15.8 Å². The van der Waals surface area contributed by atoms with Gasteiger partial charge >= 0.3 is 6.03 Å². The molecule has 6 N–H and O–H groups in total. The fraction of sp³-hybridized carbons (Fsp3) is 0.731. The molecule has 37 heavy (non-hydrogen) atoms. The number of nitrogens with one attached hydrogen (secondary N) is 3. The number of benzene rings is 1. The van der Waals surface area contributed by atoms with Crippen molar-refractivity contribution in [1.82, 2.24) is 20.3 Å². The van der Waals surface area contributed by atoms with Crippen LogP contribution in [0.25, 0.3) is 0 Å². The third-order valence-corrected chi connectivity index (χ3v) is 8.71. The van der Waals surface area contributed by atoms with Gasteiger partial charge in [0.05, 0.1) is 5.60 Å². The average Bonchev–Trinajstić information content (AvgIpc) is 2.87. The molecule has 2 amide bonds. The Balaban J connectivity index is 1.69. The number of hydrogen-bond acceptors (Lipinski definition) is 5. The number of urea groups is 1. The number of carbonyl (C=O) groups excluding carboxylic acids is 1. The Morgan fingerprint density at radius 1 is 1.24 bits per heavy atom. The van der Waals surface area contributed by atoms with E-state index in [0.29, 0.717) is 42.4 Å². The van der Waals surface area contributed by atoms with Crippen molar-refractivity contribution in [3.8, 4) is 0 Å². The lowest BCUT2D eigenvalue weighted by molar-refractivity contribution is -0.0551. The Morgan fingerprint density at radius 3 is 2.68 bits per heavy atom. The molecule has 1 heterocycles. The molecule has 210 valence electrons. The monoisotopic (exact) mass is 557 g/mol. The van der Waals surface area contributed by atoms with Gasteiger partial charge in [-0.2, -0.15) is 8.42 Å². The molecule has 0 aromatic heterocycles. The van der Waals surface area contributed by atoms with E-state index in [4.69, 9.17) is 16.7 Å². The fourth-order valence-electron chi connectivity index (χ4n) is 6.00. The van der Waals surface area contributed by atoms with Gasteiger partial charge in [-0.05, 0) is 62.8 Å². The van der Waals surface area contributed by atoms with Crippen LogP contribution in [-0.4, -0.2) is 63.7 Å². The van der Waals surface area contributed by atoms with Crippen LogP contribution in [0.3, 0.4) is 0 Å². The van der Waals surface area contributed by atoms with E-state index in [1.807, 2.05) is 18.0 Å². The van der Waals surface area contributed by atoms with E-state index in [1.165, 1.54) is 32.1 Å². The minimum Gasteiger partial charge on any atom is -0.385 e. The average molecular weight is 558 g/mol. The molecule has 1 saturated heterocycles. The fourth-order valence-corrected chi connectivity index (χ4v) is 6.62. The number of hydrogen-bond donors (Lipinski definition) is 5. The van der Waals surface area contributed by atoms with Crippen molar-refractivity contribution in [1.29, 1.82) is 0 Å². The van der Waals surface area contributed by atoms with Crippen LogP contribution < -0.4 is 20.5 Å². The van der Waals surface area contributed by atoms with Crippen molar-refractivity contribution < 1.29 is 18.3 Å². The second kappa shape index (κ2) is 14.1. The second-order valence-electron chi connectivity index (χ2n) is 10.7. The van der Waals surface area contributed by atoms with Gasteiger partial charge in [-0.3, -0.25) is 0 Å². The van der Waals surface area contributed by atoms with E-state index in [2.05, 4.69) is 15.4 Å². The van der Waals surface area contributed by atoms with Crippen LogP contribution in [-0.2, 0) is 15.8 Å². The van der Waals surface area contributed by atoms with Crippen molar-refractivity contribution in [3.63, 3.8) is 0 Å². The molecule has 11 heteroatoms. The summed E-state index contributed by atoms with van der Waals surface area (Å²) in [6.45, 7) is 1.89. The van der Waals surface area contributed by atoms with Gasteiger partial charge < -0.3 is 20.6 Å². The standard InChI is InChI=1S/C26H44ClN5O4S/c1-29-18-24(16-20-8-3-2-4-9-20)31-25(33)32-15-6-11-22(19-32)26(34,13-7-14-30-37(28,35)36)21-10-5-12-23(27)17-21/h5,10,12,17,20,22,24,29-30,34H,2-4,6-9,11,13-16,18-19H2,1H3,(H,31,33)(H2,28,35,36)/t22-,24+,26-/m1/s1. The van der Waals surface area contributed by atoms with Crippen LogP contribution in [0.4, 0.5) is 4.79 Å². The molecule has 3 rings (SSSR count). The molecular weight excluding hydrogens is 514 g/mol. The van der Waals surface area contributed by atoms with Gasteiger partial charge in [-0.25, -0.2) is 14.7 Å². The molecule has 2 fully saturated rings. The SMILES string of the molecule is CNC[C@H](CC1CCCCC1)NC(=O)N1CCC[C@@H]([C@@](O)(CCCNS(N)(=O)=O)c2cccc(Cl)c2)C1. The first kappa shape index (κ1) is 30.1. The summed E-state index contributed by atoms with van der Waals surface area (Å²) in [4.78, 5) is 15.2. The van der Waals surface area contributed by atoms with Crippen molar-refractivity contribution in [2.75, 3.05) is 33.2 Å². The molecule has 0 spiro atoms. The summed E-state index contributed by atoms with van der Waals surface area (Å²) in [7, 11) is -1.89. The minimum absolute atomic E-state index is 0.0667. The first-order chi connectivity index (χ1) is 17.6. The molecule has 1 aliphatic carbocycles. The quantitative estimate of drug-likeness (QED) is 0.252. The number of rotatable bonds is 12. The van der Waals surface area contributed by atoms with Gasteiger partial charge in [0, 0.05) is 43.2 Å². The molecule has 2 aliphatic rings. The van der Waals surface area contributed by atoms with E-state index in [-0.39, 0.29) is 24.5 Å². The topological polar surface area (TPSA) is 137 Å². The first-order valence-corrected chi connectivity index (χ1v) is 15.5. The van der Waals surface area contributed by atoms with E-state index in [9.17, 15) is 18.3 Å². The summed E-state index contributed by atoms with van der Waals surface area (Å²) >= 11 is 6.26. The van der Waals surface area contributed by atoms with Crippen LogP contribution in [0.15, 0.2) is 24.3 Å². The summed E-state index contributed by atoms with van der Waals surface area (Å²) < 4.78 is 24.8. The van der Waals surface area contributed by atoms with Crippen LogP contribution in [0.1, 0.15) is 69.8 Å². The van der Waals surface area contributed by atoms with Gasteiger partial charge in [0.1, 0.15) is 0 Å². The maximum atomic E-state index is 13.4. The molecule has 9 nitrogen and oxygen atoms in total. The highest BCUT2D eigenvalue weighted by Crippen LogP contribution is 2.40. The Morgan fingerprint density at radius 2 is 2.00 bits per heavy atom. The molecule has 3 atom stereocenters. The number of nitrogens with two attached hydrogens (primary N) is 1. The molecule has 1 aromatic rings. The van der Waals surface area contributed by atoms with Gasteiger partial charge in [-0.1, -0.05) is 55.8 Å². The number of halogens is 1. The molecule has 0 unspecified atom stereocenters. The summed E-state index contributed by atoms with van der Waals surface area (Å²) in [5.74, 6) is 0.432. The molecule has 1 aromatic carbocycles. The van der Waals surface area contributed by atoms with Gasteiger partial charge in [0.25, 0.3) is 10.2 Å². The van der Waals surface area contributed by atoms with Crippen LogP contribution in [0, 0.1) is 11.8 Å². The highest BCUT2D eigenvalue weighted by Gasteiger charge is 2.41. The Labute approximate surface area is 227 Å². The summed E-state index contributed by atoms with van der Waals surface area (Å²) in [6, 6.07) is 7.11. The van der Waals surface area contributed by atoms with Crippen LogP contribution in [0.5, 0.6) is 0 Å². The number of likely N-dealkylation sites (N-methyl/N-ethyl adjacent to an activating group) is 1. The lowest BCUT2D eigenvalue weighted by Gasteiger charge is -2.43. The number of likely N-dealkylation sites (tertiary alicyclic amines) is 1. The van der Waals surface area contributed by atoms with Gasteiger partial charge in [-0.15, -0.1) is 0 Å². The Bertz CT molecular complexity index is 975. The van der Waals surface area contributed by atoms with Gasteiger partial charge in [0.2, 0.25) is 0 Å². The van der Waals surface area contributed by atoms with E-state index in [0.717, 1.165) is 25.8 Å². The van der Waals surface area contributed by atoms with E-state index >= 15 is 0 Å². The Kier molecular flexibility index (Phi) is 11.5. The maximum absolute atomic E-state index is 13.4. The highest BCUT2D eigenvalue weighted by molar-refractivity contribution is 7.87. The van der Waals surface area contributed by atoms with Crippen molar-refractivity contribution in [2.24, 2.45) is 17.0 Å². The maximum Gasteiger partial charge on any atom is 0.317 e. The lowest BCUT2D eigenvalue weighted by atomic mass is 9.74. The van der Waals surface area contributed by atoms with Crippen LogP contribution in [0.2, 0.25) is 5.02 Å². The largest absolute Gasteiger partial charge is 0.385 e. The summed E-state index contributed by atoms with van der Waals surface area (Å²) in [5.41, 5.74) is -0.593. The van der Waals surface area contributed by atoms with Crippen molar-refractivity contribution in [2.45, 2.75) is 75.9 Å². The predicted molar refractivity (Wildman–Crippen MR) is 147 cm³/mol. The molecule has 1 aliphatic heterocycles. The highest BCUT2D eigenvalue weighted by atomic mass is 35.5. The normalized spacial score (nSPS) is 21.8. The third-order valence-electron chi connectivity index (χ3n) is 7.87. The summed E-state index contributed by atoms with van der Waals surface area (Å²) in [6.07, 6.45) is 9.50. The third kappa shape index (κ3) is 9.37.